The molecule has 0 aromatic carbocycles. The minimum absolute atomic E-state index is 0.0455. The van der Waals surface area contributed by atoms with Crippen molar-refractivity contribution in [2.24, 2.45) is 56.7 Å². The summed E-state index contributed by atoms with van der Waals surface area (Å²) in [6.07, 6.45) is 7.66. The molecule has 5 aliphatic carbocycles. The van der Waals surface area contributed by atoms with Gasteiger partial charge in [0.15, 0.2) is 0 Å². The van der Waals surface area contributed by atoms with Crippen LogP contribution in [0.25, 0.3) is 0 Å². The second-order valence-electron chi connectivity index (χ2n) is 19.2. The van der Waals surface area contributed by atoms with Gasteiger partial charge in [0.25, 0.3) is 0 Å². The predicted molar refractivity (Wildman–Crippen MR) is 182 cm³/mol. The molecule has 3 amide bonds. The quantitative estimate of drug-likeness (QED) is 0.342. The maximum absolute atomic E-state index is 13.0. The number of carbonyl (C=O) groups is 3. The molecule has 0 aromatic heterocycles. The molecule has 3 heterocycles. The fourth-order valence-electron chi connectivity index (χ4n) is 14.1. The number of nitrogens with one attached hydrogen (secondary N) is 2. The molecule has 2 spiro atoms. The Hall–Kier alpha value is -2.07. The van der Waals surface area contributed by atoms with Gasteiger partial charge in [-0.2, -0.15) is 0 Å². The number of ether oxygens (including phenoxy) is 3. The fourth-order valence-corrected chi connectivity index (χ4v) is 14.1. The lowest BCUT2D eigenvalue weighted by atomic mass is 9.41. The van der Waals surface area contributed by atoms with Gasteiger partial charge in [-0.25, -0.2) is 9.59 Å². The first kappa shape index (κ1) is 34.0. The third-order valence-corrected chi connectivity index (χ3v) is 16.7. The molecule has 3 aliphatic heterocycles. The standard InChI is InChI=1S/C39H61N3O7/c1-21(2)29(49-34(46)42-17-8-18-42)24-19-22(3)28-30(47-24)31(43)37(7)26-10-9-25-35(4,5)27(48-33(45)41-23-12-16-40-32(23)44)11-13-38(25)20-39(26,38)15-14-36(28,37)6/h21-31,43H,8-20H2,1-7H3,(H,40,44)(H,41,45)/t22-,23+,24-,25+,26+,27+,28+,29-,30+,31+,36-,37-,38-,39+/m1/s1. The number of likely N-dealkylation sites (tertiary alicyclic amines) is 1. The van der Waals surface area contributed by atoms with E-state index >= 15 is 0 Å². The van der Waals surface area contributed by atoms with Crippen LogP contribution >= 0.6 is 0 Å². The summed E-state index contributed by atoms with van der Waals surface area (Å²) in [5.74, 6) is 1.44. The Morgan fingerprint density at radius 1 is 1.02 bits per heavy atom. The first-order valence-electron chi connectivity index (χ1n) is 19.6. The van der Waals surface area contributed by atoms with Gasteiger partial charge in [-0.1, -0.05) is 48.5 Å². The maximum atomic E-state index is 13.0. The molecular formula is C39H61N3O7. The van der Waals surface area contributed by atoms with E-state index in [0.717, 1.165) is 58.0 Å². The summed E-state index contributed by atoms with van der Waals surface area (Å²) in [6, 6.07) is -0.509. The lowest BCUT2D eigenvalue weighted by Gasteiger charge is -2.63. The summed E-state index contributed by atoms with van der Waals surface area (Å²) in [6.45, 7) is 18.2. The lowest BCUT2D eigenvalue weighted by molar-refractivity contribution is -0.185. The molecule has 3 N–H and O–H groups in total. The van der Waals surface area contributed by atoms with E-state index in [0.29, 0.717) is 30.7 Å². The highest BCUT2D eigenvalue weighted by molar-refractivity contribution is 5.87. The molecule has 0 aromatic rings. The number of aliphatic hydroxyl groups excluding tert-OH is 1. The summed E-state index contributed by atoms with van der Waals surface area (Å²) in [5, 5.41) is 18.2. The van der Waals surface area contributed by atoms with Crippen LogP contribution in [-0.2, 0) is 19.0 Å². The number of carbonyl (C=O) groups excluding carboxylic acids is 3. The summed E-state index contributed by atoms with van der Waals surface area (Å²) in [5.41, 5.74) is -0.103. The molecule has 49 heavy (non-hydrogen) atoms. The monoisotopic (exact) mass is 683 g/mol. The molecule has 10 heteroatoms. The Bertz CT molecular complexity index is 1380. The molecular weight excluding hydrogens is 622 g/mol. The third-order valence-electron chi connectivity index (χ3n) is 16.7. The fraction of sp³-hybridized carbons (Fsp3) is 0.923. The zero-order valence-electron chi connectivity index (χ0n) is 30.9. The van der Waals surface area contributed by atoms with Gasteiger partial charge in [0.2, 0.25) is 5.91 Å². The number of aliphatic hydroxyl groups is 1. The number of nitrogens with zero attached hydrogens (tertiary/aromatic N) is 1. The predicted octanol–water partition coefficient (Wildman–Crippen LogP) is 5.65. The number of amides is 3. The molecule has 0 unspecified atom stereocenters. The van der Waals surface area contributed by atoms with E-state index in [1.54, 1.807) is 4.90 Å². The van der Waals surface area contributed by atoms with E-state index < -0.39 is 18.2 Å². The van der Waals surface area contributed by atoms with Crippen molar-refractivity contribution >= 4 is 18.1 Å². The maximum Gasteiger partial charge on any atom is 0.410 e. The van der Waals surface area contributed by atoms with Gasteiger partial charge >= 0.3 is 12.2 Å². The molecule has 3 saturated heterocycles. The Morgan fingerprint density at radius 3 is 2.39 bits per heavy atom. The number of hydrogen-bond donors (Lipinski definition) is 3. The van der Waals surface area contributed by atoms with Crippen LogP contribution < -0.4 is 10.6 Å². The number of alkyl carbamates (subject to hydrolysis) is 1. The molecule has 0 bridgehead atoms. The van der Waals surface area contributed by atoms with Gasteiger partial charge in [0.1, 0.15) is 18.2 Å². The molecule has 274 valence electrons. The zero-order chi connectivity index (χ0) is 34.9. The highest BCUT2D eigenvalue weighted by atomic mass is 16.6. The highest BCUT2D eigenvalue weighted by Gasteiger charge is 2.84. The SMILES string of the molecule is CC(C)[C@@H](OC(=O)N1CCC1)[C@H]1C[C@@H](C)[C@H]2[C@H](O1)[C@H](O)[C@@]1(C)[C@@H]3CC[C@H]4C(C)(C)[C@@H](OC(=O)N[C@H]5CCNC5=O)CC[C@@]45C[C@@]35CC[C@]21C. The van der Waals surface area contributed by atoms with E-state index in [9.17, 15) is 19.5 Å². The van der Waals surface area contributed by atoms with Crippen molar-refractivity contribution < 1.29 is 33.7 Å². The first-order chi connectivity index (χ1) is 23.1. The van der Waals surface area contributed by atoms with Crippen molar-refractivity contribution in [1.82, 2.24) is 15.5 Å². The second-order valence-corrected chi connectivity index (χ2v) is 19.2. The Labute approximate surface area is 292 Å². The average molecular weight is 684 g/mol. The van der Waals surface area contributed by atoms with Crippen LogP contribution in [0.2, 0.25) is 0 Å². The van der Waals surface area contributed by atoms with Gasteiger partial charge in [0, 0.05) is 30.5 Å². The summed E-state index contributed by atoms with van der Waals surface area (Å²) >= 11 is 0. The highest BCUT2D eigenvalue weighted by Crippen LogP contribution is 2.89. The summed E-state index contributed by atoms with van der Waals surface area (Å²) in [7, 11) is 0. The van der Waals surface area contributed by atoms with Crippen molar-refractivity contribution in [1.29, 1.82) is 0 Å². The lowest BCUT2D eigenvalue weighted by Crippen LogP contribution is -2.60. The molecule has 8 fully saturated rings. The van der Waals surface area contributed by atoms with Crippen LogP contribution in [0, 0.1) is 56.7 Å². The normalized spacial score (nSPS) is 49.6. The van der Waals surface area contributed by atoms with Crippen molar-refractivity contribution in [3.63, 3.8) is 0 Å². The minimum atomic E-state index is -0.577. The number of hydrogen-bond acceptors (Lipinski definition) is 7. The van der Waals surface area contributed by atoms with Crippen LogP contribution in [0.15, 0.2) is 0 Å². The molecule has 8 aliphatic rings. The van der Waals surface area contributed by atoms with Gasteiger partial charge < -0.3 is 34.9 Å². The molecule has 5 saturated carbocycles. The van der Waals surface area contributed by atoms with E-state index in [4.69, 9.17) is 14.2 Å². The number of fused-ring (bicyclic) bond motifs is 4. The van der Waals surface area contributed by atoms with Crippen LogP contribution in [0.3, 0.4) is 0 Å². The molecule has 10 nitrogen and oxygen atoms in total. The van der Waals surface area contributed by atoms with Crippen LogP contribution in [0.5, 0.6) is 0 Å². The Morgan fingerprint density at radius 2 is 1.73 bits per heavy atom. The van der Waals surface area contributed by atoms with Crippen molar-refractivity contribution in [3.8, 4) is 0 Å². The van der Waals surface area contributed by atoms with Crippen molar-refractivity contribution in [3.05, 3.63) is 0 Å². The molecule has 14 atom stereocenters. The minimum Gasteiger partial charge on any atom is -0.446 e. The topological polar surface area (TPSA) is 126 Å². The molecule has 0 radical (unpaired) electrons. The summed E-state index contributed by atoms with van der Waals surface area (Å²) in [4.78, 5) is 39.8. The van der Waals surface area contributed by atoms with Crippen LogP contribution in [0.1, 0.15) is 113 Å². The van der Waals surface area contributed by atoms with E-state index in [1.165, 1.54) is 12.8 Å². The smallest absolute Gasteiger partial charge is 0.410 e. The van der Waals surface area contributed by atoms with E-state index in [1.807, 2.05) is 0 Å². The van der Waals surface area contributed by atoms with Crippen LogP contribution in [0.4, 0.5) is 9.59 Å². The van der Waals surface area contributed by atoms with Gasteiger partial charge in [0.05, 0.1) is 18.3 Å². The van der Waals surface area contributed by atoms with Gasteiger partial charge in [-0.3, -0.25) is 4.79 Å². The third kappa shape index (κ3) is 4.53. The van der Waals surface area contributed by atoms with Gasteiger partial charge in [-0.15, -0.1) is 0 Å². The van der Waals surface area contributed by atoms with Crippen molar-refractivity contribution in [2.75, 3.05) is 19.6 Å². The largest absolute Gasteiger partial charge is 0.446 e. The van der Waals surface area contributed by atoms with E-state index in [2.05, 4.69) is 59.1 Å². The first-order valence-corrected chi connectivity index (χ1v) is 19.6. The number of rotatable bonds is 5. The Kier molecular flexibility index (Phi) is 7.79. The second kappa shape index (κ2) is 11.2. The van der Waals surface area contributed by atoms with Gasteiger partial charge in [-0.05, 0) is 110 Å². The molecule has 8 rings (SSSR count). The van der Waals surface area contributed by atoms with Crippen molar-refractivity contribution in [2.45, 2.75) is 149 Å². The summed E-state index contributed by atoms with van der Waals surface area (Å²) < 4.78 is 19.3. The average Bonchev–Trinajstić information content (AvgIpc) is 3.45. The zero-order valence-corrected chi connectivity index (χ0v) is 30.9. The Balaban J connectivity index is 1.01. The van der Waals surface area contributed by atoms with Crippen LogP contribution in [-0.4, -0.2) is 84.3 Å². The van der Waals surface area contributed by atoms with E-state index in [-0.39, 0.29) is 75.3 Å².